The number of halogens is 1. The van der Waals surface area contributed by atoms with Gasteiger partial charge in [-0.05, 0) is 0 Å². The zero-order chi connectivity index (χ0) is 6.57. The quantitative estimate of drug-likeness (QED) is 0.303. The Labute approximate surface area is 47.3 Å². The lowest BCUT2D eigenvalue weighted by molar-refractivity contribution is 0.641. The predicted molar refractivity (Wildman–Crippen MR) is 31.0 cm³/mol. The van der Waals surface area contributed by atoms with Crippen molar-refractivity contribution in [3.8, 4) is 0 Å². The Bertz CT molecular complexity index is 108. The molecule has 0 amide bonds. The fourth-order valence-corrected chi connectivity index (χ4v) is 0.166. The largest absolute Gasteiger partial charge is 0.369 e. The second kappa shape index (κ2) is 3.12. The number of rotatable bonds is 1. The van der Waals surface area contributed by atoms with Gasteiger partial charge in [-0.15, -0.1) is 0 Å². The van der Waals surface area contributed by atoms with Crippen LogP contribution in [0.3, 0.4) is 0 Å². The van der Waals surface area contributed by atoms with Crippen LogP contribution in [0.25, 0.3) is 0 Å². The van der Waals surface area contributed by atoms with Crippen molar-refractivity contribution >= 4 is 12.4 Å². The van der Waals surface area contributed by atoms with Gasteiger partial charge in [0.25, 0.3) is 0 Å². The Morgan fingerprint density at radius 1 is 1.75 bits per heavy atom. The Kier molecular flexibility index (Phi) is 2.76. The van der Waals surface area contributed by atoms with E-state index in [2.05, 4.69) is 4.99 Å². The van der Waals surface area contributed by atoms with Crippen molar-refractivity contribution in [1.29, 1.82) is 5.41 Å². The standard InChI is InChI=1S/C4H8FN3/c1-8(2)3-7-4(5)6/h3,6H,1-2H3. The van der Waals surface area contributed by atoms with Gasteiger partial charge in [0.05, 0.1) is 6.34 Å². The molecule has 0 heterocycles. The Morgan fingerprint density at radius 2 is 2.25 bits per heavy atom. The summed E-state index contributed by atoms with van der Waals surface area (Å²) >= 11 is 0. The summed E-state index contributed by atoms with van der Waals surface area (Å²) in [5.41, 5.74) is 0. The van der Waals surface area contributed by atoms with Crippen molar-refractivity contribution in [2.75, 3.05) is 14.1 Å². The number of nitrogens with zero attached hydrogens (tertiary/aromatic N) is 2. The molecule has 0 fully saturated rings. The summed E-state index contributed by atoms with van der Waals surface area (Å²) < 4.78 is 11.4. The van der Waals surface area contributed by atoms with Crippen LogP contribution >= 0.6 is 0 Å². The molecule has 0 saturated heterocycles. The van der Waals surface area contributed by atoms with Crippen LogP contribution in [0.1, 0.15) is 0 Å². The Hall–Kier alpha value is -0.930. The monoisotopic (exact) mass is 117 g/mol. The molecule has 8 heavy (non-hydrogen) atoms. The van der Waals surface area contributed by atoms with E-state index in [1.54, 1.807) is 19.0 Å². The van der Waals surface area contributed by atoms with Crippen LogP contribution in [0.2, 0.25) is 0 Å². The van der Waals surface area contributed by atoms with Gasteiger partial charge >= 0.3 is 6.09 Å². The van der Waals surface area contributed by atoms with E-state index < -0.39 is 6.09 Å². The molecule has 0 aromatic carbocycles. The first kappa shape index (κ1) is 7.07. The summed E-state index contributed by atoms with van der Waals surface area (Å²) in [4.78, 5) is 4.59. The molecule has 1 N–H and O–H groups in total. The van der Waals surface area contributed by atoms with Crippen molar-refractivity contribution < 1.29 is 4.39 Å². The highest BCUT2D eigenvalue weighted by molar-refractivity contribution is 5.78. The van der Waals surface area contributed by atoms with Crippen LogP contribution in [-0.4, -0.2) is 31.4 Å². The maximum absolute atomic E-state index is 11.4. The number of amidine groups is 1. The topological polar surface area (TPSA) is 39.5 Å². The summed E-state index contributed by atoms with van der Waals surface area (Å²) in [5, 5.41) is 6.20. The smallest absolute Gasteiger partial charge is 0.302 e. The fourth-order valence-electron chi connectivity index (χ4n) is 0.166. The molecule has 0 aromatic rings. The van der Waals surface area contributed by atoms with Crippen LogP contribution < -0.4 is 0 Å². The molecule has 4 heteroatoms. The third-order valence-corrected chi connectivity index (χ3v) is 0.402. The molecular weight excluding hydrogens is 109 g/mol. The first-order chi connectivity index (χ1) is 3.63. The van der Waals surface area contributed by atoms with Crippen LogP contribution in [0, 0.1) is 5.41 Å². The van der Waals surface area contributed by atoms with Gasteiger partial charge in [0.2, 0.25) is 0 Å². The summed E-state index contributed by atoms with van der Waals surface area (Å²) in [6.45, 7) is 0. The van der Waals surface area contributed by atoms with Gasteiger partial charge in [0.1, 0.15) is 0 Å². The molecule has 0 bridgehead atoms. The highest BCUT2D eigenvalue weighted by Crippen LogP contribution is 1.74. The number of hydrogen-bond acceptors (Lipinski definition) is 1. The number of hydrogen-bond donors (Lipinski definition) is 1. The predicted octanol–water partition coefficient (Wildman–Crippen LogP) is 0.481. The molecule has 0 aliphatic carbocycles. The minimum Gasteiger partial charge on any atom is -0.369 e. The zero-order valence-electron chi connectivity index (χ0n) is 4.85. The fraction of sp³-hybridized carbons (Fsp3) is 0.500. The van der Waals surface area contributed by atoms with E-state index in [-0.39, 0.29) is 0 Å². The third-order valence-electron chi connectivity index (χ3n) is 0.402. The van der Waals surface area contributed by atoms with Gasteiger partial charge in [0.15, 0.2) is 0 Å². The summed E-state index contributed by atoms with van der Waals surface area (Å²) in [6.07, 6.45) is 0.0567. The molecule has 0 rings (SSSR count). The highest BCUT2D eigenvalue weighted by Gasteiger charge is 1.81. The molecular formula is C4H8FN3. The minimum atomic E-state index is -1.17. The Morgan fingerprint density at radius 3 is 2.38 bits per heavy atom. The number of aliphatic imine (C=N–C) groups is 1. The Balaban J connectivity index is 3.50. The second-order valence-corrected chi connectivity index (χ2v) is 1.50. The van der Waals surface area contributed by atoms with E-state index in [9.17, 15) is 4.39 Å². The molecule has 46 valence electrons. The van der Waals surface area contributed by atoms with Gasteiger partial charge in [-0.2, -0.15) is 9.38 Å². The normalized spacial score (nSPS) is 9.88. The second-order valence-electron chi connectivity index (χ2n) is 1.50. The first-order valence-corrected chi connectivity index (χ1v) is 2.07. The van der Waals surface area contributed by atoms with Crippen LogP contribution in [0.4, 0.5) is 4.39 Å². The van der Waals surface area contributed by atoms with Crippen molar-refractivity contribution in [3.63, 3.8) is 0 Å². The first-order valence-electron chi connectivity index (χ1n) is 2.07. The number of nitrogens with one attached hydrogen (secondary N) is 1. The maximum atomic E-state index is 11.4. The van der Waals surface area contributed by atoms with Crippen molar-refractivity contribution in [3.05, 3.63) is 0 Å². The van der Waals surface area contributed by atoms with Gasteiger partial charge in [-0.1, -0.05) is 0 Å². The van der Waals surface area contributed by atoms with E-state index >= 15 is 0 Å². The molecule has 0 atom stereocenters. The molecule has 0 aliphatic rings. The molecule has 0 spiro atoms. The van der Waals surface area contributed by atoms with E-state index in [1.165, 1.54) is 6.34 Å². The molecule has 0 saturated carbocycles. The summed E-state index contributed by atoms with van der Waals surface area (Å²) in [7, 11) is 3.40. The molecule has 0 radical (unpaired) electrons. The summed E-state index contributed by atoms with van der Waals surface area (Å²) in [6, 6.07) is 0. The highest BCUT2D eigenvalue weighted by atomic mass is 19.1. The van der Waals surface area contributed by atoms with Crippen molar-refractivity contribution in [2.45, 2.75) is 0 Å². The van der Waals surface area contributed by atoms with Crippen molar-refractivity contribution in [1.82, 2.24) is 4.90 Å². The average molecular weight is 117 g/mol. The van der Waals surface area contributed by atoms with E-state index in [0.29, 0.717) is 0 Å². The van der Waals surface area contributed by atoms with Crippen LogP contribution in [-0.2, 0) is 0 Å². The van der Waals surface area contributed by atoms with E-state index in [0.717, 1.165) is 0 Å². The van der Waals surface area contributed by atoms with Gasteiger partial charge in [-0.25, -0.2) is 0 Å². The lowest BCUT2D eigenvalue weighted by atomic mass is 10.9. The molecule has 0 aliphatic heterocycles. The van der Waals surface area contributed by atoms with Gasteiger partial charge in [-0.3, -0.25) is 5.41 Å². The van der Waals surface area contributed by atoms with Gasteiger partial charge < -0.3 is 4.90 Å². The van der Waals surface area contributed by atoms with Crippen LogP contribution in [0.15, 0.2) is 4.99 Å². The average Bonchev–Trinajstić information content (AvgIpc) is 1.61. The molecule has 0 aromatic heterocycles. The van der Waals surface area contributed by atoms with E-state index in [1.807, 2.05) is 0 Å². The minimum absolute atomic E-state index is 1.17. The lowest BCUT2D eigenvalue weighted by Crippen LogP contribution is -2.08. The third kappa shape index (κ3) is 5.07. The molecule has 0 unspecified atom stereocenters. The lowest BCUT2D eigenvalue weighted by Gasteiger charge is -1.99. The zero-order valence-corrected chi connectivity index (χ0v) is 4.85. The van der Waals surface area contributed by atoms with Gasteiger partial charge in [0, 0.05) is 14.1 Å². The SMILES string of the molecule is CN(C)C=NC(=N)F. The maximum Gasteiger partial charge on any atom is 0.302 e. The summed E-state index contributed by atoms with van der Waals surface area (Å²) in [5.74, 6) is 0. The van der Waals surface area contributed by atoms with E-state index in [4.69, 9.17) is 5.41 Å². The van der Waals surface area contributed by atoms with Crippen molar-refractivity contribution in [2.24, 2.45) is 4.99 Å². The molecule has 3 nitrogen and oxygen atoms in total. The van der Waals surface area contributed by atoms with Crippen LogP contribution in [0.5, 0.6) is 0 Å².